The highest BCUT2D eigenvalue weighted by Crippen LogP contribution is 2.11. The van der Waals surface area contributed by atoms with Gasteiger partial charge in [0.25, 0.3) is 0 Å². The van der Waals surface area contributed by atoms with E-state index in [2.05, 4.69) is 11.4 Å². The Bertz CT molecular complexity index is 326. The van der Waals surface area contributed by atoms with Gasteiger partial charge in [-0.1, -0.05) is 12.1 Å². The van der Waals surface area contributed by atoms with E-state index in [-0.39, 0.29) is 6.04 Å². The van der Waals surface area contributed by atoms with E-state index in [4.69, 9.17) is 10.00 Å². The molecule has 0 bridgehead atoms. The largest absolute Gasteiger partial charge is 0.494 e. The Balaban J connectivity index is 2.46. The Morgan fingerprint density at radius 3 is 2.60 bits per heavy atom. The van der Waals surface area contributed by atoms with Crippen molar-refractivity contribution >= 4 is 0 Å². The lowest BCUT2D eigenvalue weighted by atomic mass is 10.2. The van der Waals surface area contributed by atoms with Gasteiger partial charge in [-0.25, -0.2) is 0 Å². The molecule has 0 saturated carbocycles. The standard InChI is InChI=1S/C12H16N2O/c1-3-15-12-6-4-11(5-7-12)9-14-10(2)8-13/h4-7,10,14H,3,9H2,1-2H3. The summed E-state index contributed by atoms with van der Waals surface area (Å²) in [4.78, 5) is 0. The molecule has 80 valence electrons. The van der Waals surface area contributed by atoms with Gasteiger partial charge >= 0.3 is 0 Å². The van der Waals surface area contributed by atoms with E-state index in [0.29, 0.717) is 13.2 Å². The van der Waals surface area contributed by atoms with Crippen LogP contribution in [-0.2, 0) is 6.54 Å². The van der Waals surface area contributed by atoms with Crippen LogP contribution in [0.5, 0.6) is 5.75 Å². The van der Waals surface area contributed by atoms with Gasteiger partial charge < -0.3 is 4.74 Å². The number of hydrogen-bond donors (Lipinski definition) is 1. The SMILES string of the molecule is CCOc1ccc(CNC(C)C#N)cc1. The summed E-state index contributed by atoms with van der Waals surface area (Å²) in [6.07, 6.45) is 0. The lowest BCUT2D eigenvalue weighted by Crippen LogP contribution is -2.23. The van der Waals surface area contributed by atoms with Gasteiger partial charge in [0, 0.05) is 6.54 Å². The minimum Gasteiger partial charge on any atom is -0.494 e. The van der Waals surface area contributed by atoms with Crippen LogP contribution in [0.25, 0.3) is 0 Å². The molecule has 0 aliphatic carbocycles. The molecule has 3 heteroatoms. The molecule has 0 spiro atoms. The Morgan fingerprint density at radius 2 is 2.07 bits per heavy atom. The molecule has 0 heterocycles. The number of nitrogens with one attached hydrogen (secondary N) is 1. The Kier molecular flexibility index (Phi) is 4.65. The van der Waals surface area contributed by atoms with Crippen molar-refractivity contribution in [3.63, 3.8) is 0 Å². The van der Waals surface area contributed by atoms with Crippen molar-refractivity contribution in [1.29, 1.82) is 5.26 Å². The van der Waals surface area contributed by atoms with Crippen LogP contribution in [-0.4, -0.2) is 12.6 Å². The third kappa shape index (κ3) is 4.01. The van der Waals surface area contributed by atoms with Crippen molar-refractivity contribution < 1.29 is 4.74 Å². The molecular weight excluding hydrogens is 188 g/mol. The van der Waals surface area contributed by atoms with E-state index in [0.717, 1.165) is 11.3 Å². The van der Waals surface area contributed by atoms with Crippen LogP contribution in [0.2, 0.25) is 0 Å². The first-order valence-corrected chi connectivity index (χ1v) is 5.11. The average molecular weight is 204 g/mol. The lowest BCUT2D eigenvalue weighted by Gasteiger charge is -2.07. The van der Waals surface area contributed by atoms with E-state index >= 15 is 0 Å². The normalized spacial score (nSPS) is 11.8. The molecule has 0 fully saturated rings. The highest BCUT2D eigenvalue weighted by atomic mass is 16.5. The van der Waals surface area contributed by atoms with Gasteiger partial charge in [0.05, 0.1) is 18.7 Å². The number of benzene rings is 1. The monoisotopic (exact) mass is 204 g/mol. The summed E-state index contributed by atoms with van der Waals surface area (Å²) in [5, 5.41) is 11.7. The van der Waals surface area contributed by atoms with Gasteiger partial charge in [-0.2, -0.15) is 5.26 Å². The van der Waals surface area contributed by atoms with E-state index in [9.17, 15) is 0 Å². The summed E-state index contributed by atoms with van der Waals surface area (Å²) in [5.74, 6) is 0.884. The van der Waals surface area contributed by atoms with E-state index in [1.807, 2.05) is 38.1 Å². The average Bonchev–Trinajstić information content (AvgIpc) is 2.28. The fraction of sp³-hybridized carbons (Fsp3) is 0.417. The second kappa shape index (κ2) is 6.05. The van der Waals surface area contributed by atoms with Crippen LogP contribution in [0.4, 0.5) is 0 Å². The van der Waals surface area contributed by atoms with Gasteiger partial charge in [0.2, 0.25) is 0 Å². The topological polar surface area (TPSA) is 45.0 Å². The number of hydrogen-bond acceptors (Lipinski definition) is 3. The van der Waals surface area contributed by atoms with Crippen LogP contribution >= 0.6 is 0 Å². The molecule has 1 N–H and O–H groups in total. The van der Waals surface area contributed by atoms with Gasteiger partial charge in [-0.3, -0.25) is 5.32 Å². The quantitative estimate of drug-likeness (QED) is 0.798. The van der Waals surface area contributed by atoms with E-state index in [1.165, 1.54) is 0 Å². The number of rotatable bonds is 5. The summed E-state index contributed by atoms with van der Waals surface area (Å²) >= 11 is 0. The van der Waals surface area contributed by atoms with Crippen molar-refractivity contribution in [3.05, 3.63) is 29.8 Å². The second-order valence-corrected chi connectivity index (χ2v) is 3.31. The van der Waals surface area contributed by atoms with Gasteiger partial charge in [-0.15, -0.1) is 0 Å². The summed E-state index contributed by atoms with van der Waals surface area (Å²) < 4.78 is 5.33. The first-order chi connectivity index (χ1) is 7.26. The molecule has 0 saturated heterocycles. The highest BCUT2D eigenvalue weighted by molar-refractivity contribution is 5.27. The smallest absolute Gasteiger partial charge is 0.119 e. The Labute approximate surface area is 90.7 Å². The highest BCUT2D eigenvalue weighted by Gasteiger charge is 1.98. The molecule has 3 nitrogen and oxygen atoms in total. The van der Waals surface area contributed by atoms with Crippen LogP contribution in [0, 0.1) is 11.3 Å². The third-order valence-electron chi connectivity index (χ3n) is 2.04. The summed E-state index contributed by atoms with van der Waals surface area (Å²) in [6.45, 7) is 5.20. The van der Waals surface area contributed by atoms with Gasteiger partial charge in [0.15, 0.2) is 0 Å². The predicted octanol–water partition coefficient (Wildman–Crippen LogP) is 2.09. The lowest BCUT2D eigenvalue weighted by molar-refractivity contribution is 0.340. The fourth-order valence-corrected chi connectivity index (χ4v) is 1.19. The van der Waals surface area contributed by atoms with Crippen molar-refractivity contribution in [3.8, 4) is 11.8 Å². The fourth-order valence-electron chi connectivity index (χ4n) is 1.19. The maximum absolute atomic E-state index is 8.59. The zero-order valence-corrected chi connectivity index (χ0v) is 9.16. The molecule has 1 atom stereocenters. The minimum atomic E-state index is -0.114. The molecule has 0 amide bonds. The van der Waals surface area contributed by atoms with Crippen LogP contribution < -0.4 is 10.1 Å². The number of nitriles is 1. The first-order valence-electron chi connectivity index (χ1n) is 5.11. The molecular formula is C12H16N2O. The minimum absolute atomic E-state index is 0.114. The Hall–Kier alpha value is -1.53. The van der Waals surface area contributed by atoms with Crippen molar-refractivity contribution in [2.75, 3.05) is 6.61 Å². The number of ether oxygens (including phenoxy) is 1. The first kappa shape index (κ1) is 11.5. The summed E-state index contributed by atoms with van der Waals surface area (Å²) in [7, 11) is 0. The molecule has 1 rings (SSSR count). The zero-order chi connectivity index (χ0) is 11.1. The molecule has 15 heavy (non-hydrogen) atoms. The molecule has 1 unspecified atom stereocenters. The van der Waals surface area contributed by atoms with Crippen molar-refractivity contribution in [2.24, 2.45) is 0 Å². The zero-order valence-electron chi connectivity index (χ0n) is 9.16. The molecule has 0 aromatic heterocycles. The van der Waals surface area contributed by atoms with Crippen LogP contribution in [0.3, 0.4) is 0 Å². The molecule has 1 aromatic rings. The van der Waals surface area contributed by atoms with Gasteiger partial charge in [0.1, 0.15) is 5.75 Å². The molecule has 1 aromatic carbocycles. The molecule has 0 aliphatic rings. The van der Waals surface area contributed by atoms with E-state index in [1.54, 1.807) is 0 Å². The van der Waals surface area contributed by atoms with Crippen LogP contribution in [0.1, 0.15) is 19.4 Å². The maximum Gasteiger partial charge on any atom is 0.119 e. The van der Waals surface area contributed by atoms with Crippen LogP contribution in [0.15, 0.2) is 24.3 Å². The van der Waals surface area contributed by atoms with Crippen molar-refractivity contribution in [2.45, 2.75) is 26.4 Å². The second-order valence-electron chi connectivity index (χ2n) is 3.31. The predicted molar refractivity (Wildman–Crippen MR) is 59.5 cm³/mol. The van der Waals surface area contributed by atoms with Gasteiger partial charge in [-0.05, 0) is 31.5 Å². The molecule has 0 radical (unpaired) electrons. The molecule has 0 aliphatic heterocycles. The summed E-state index contributed by atoms with van der Waals surface area (Å²) in [5.41, 5.74) is 1.15. The van der Waals surface area contributed by atoms with Crippen molar-refractivity contribution in [1.82, 2.24) is 5.32 Å². The van der Waals surface area contributed by atoms with E-state index < -0.39 is 0 Å². The third-order valence-corrected chi connectivity index (χ3v) is 2.04. The summed E-state index contributed by atoms with van der Waals surface area (Å²) in [6, 6.07) is 9.90. The maximum atomic E-state index is 8.59. The Morgan fingerprint density at radius 1 is 1.40 bits per heavy atom. The number of nitrogens with zero attached hydrogens (tertiary/aromatic N) is 1.